The highest BCUT2D eigenvalue weighted by molar-refractivity contribution is 5.92. The number of hydrogen-bond donors (Lipinski definition) is 0. The molecule has 0 N–H and O–H groups in total. The van der Waals surface area contributed by atoms with Crippen molar-refractivity contribution in [3.63, 3.8) is 0 Å². The van der Waals surface area contributed by atoms with Crippen LogP contribution in [0.1, 0.15) is 37.4 Å². The molecule has 0 aliphatic carbocycles. The van der Waals surface area contributed by atoms with E-state index in [0.29, 0.717) is 6.04 Å². The van der Waals surface area contributed by atoms with Gasteiger partial charge in [0.1, 0.15) is 0 Å². The second-order valence-electron chi connectivity index (χ2n) is 7.50. The fourth-order valence-corrected chi connectivity index (χ4v) is 4.28. The lowest BCUT2D eigenvalue weighted by molar-refractivity contribution is -0.117. The monoisotopic (exact) mass is 370 g/mol. The van der Waals surface area contributed by atoms with Gasteiger partial charge in [0.2, 0.25) is 5.91 Å². The van der Waals surface area contributed by atoms with E-state index in [1.54, 1.807) is 6.92 Å². The van der Waals surface area contributed by atoms with Crippen molar-refractivity contribution in [2.24, 2.45) is 0 Å². The predicted molar refractivity (Wildman–Crippen MR) is 115 cm³/mol. The maximum atomic E-state index is 12.6. The molecule has 0 spiro atoms. The summed E-state index contributed by atoms with van der Waals surface area (Å²) in [5.41, 5.74) is 4.69. The predicted octanol–water partition coefficient (Wildman–Crippen LogP) is 5.58. The molecule has 0 bridgehead atoms. The number of hydrogen-bond acceptors (Lipinski definition) is 2. The van der Waals surface area contributed by atoms with Gasteiger partial charge in [0.05, 0.1) is 6.04 Å². The molecule has 3 aromatic rings. The summed E-state index contributed by atoms with van der Waals surface area (Å²) in [6.07, 6.45) is 0.901. The van der Waals surface area contributed by atoms with Gasteiger partial charge >= 0.3 is 0 Å². The van der Waals surface area contributed by atoms with Crippen LogP contribution in [-0.4, -0.2) is 11.9 Å². The van der Waals surface area contributed by atoms with Crippen LogP contribution in [0.5, 0.6) is 0 Å². The van der Waals surface area contributed by atoms with E-state index in [-0.39, 0.29) is 11.9 Å². The molecule has 28 heavy (non-hydrogen) atoms. The number of carbonyl (C=O) groups excluding carboxylic acids is 1. The van der Waals surface area contributed by atoms with Gasteiger partial charge in [0.15, 0.2) is 0 Å². The molecule has 1 aliphatic heterocycles. The Balaban J connectivity index is 1.74. The summed E-state index contributed by atoms with van der Waals surface area (Å²) < 4.78 is 0. The van der Waals surface area contributed by atoms with Crippen molar-refractivity contribution < 1.29 is 4.79 Å². The third-order valence-electron chi connectivity index (χ3n) is 5.58. The molecule has 0 unspecified atom stereocenters. The van der Waals surface area contributed by atoms with Crippen molar-refractivity contribution >= 4 is 17.3 Å². The van der Waals surface area contributed by atoms with Crippen molar-refractivity contribution in [1.29, 1.82) is 0 Å². The maximum absolute atomic E-state index is 12.6. The Morgan fingerprint density at radius 3 is 2.21 bits per heavy atom. The molecular weight excluding hydrogens is 344 g/mol. The number of fused-ring (bicyclic) bond motifs is 1. The van der Waals surface area contributed by atoms with Gasteiger partial charge in [-0.1, -0.05) is 66.7 Å². The number of benzene rings is 3. The van der Waals surface area contributed by atoms with Crippen molar-refractivity contribution in [3.05, 3.63) is 96.1 Å². The quantitative estimate of drug-likeness (QED) is 0.598. The Kier molecular flexibility index (Phi) is 5.16. The minimum absolute atomic E-state index is 0.0399. The molecule has 0 aromatic heterocycles. The van der Waals surface area contributed by atoms with E-state index in [2.05, 4.69) is 66.4 Å². The zero-order chi connectivity index (χ0) is 19.5. The van der Waals surface area contributed by atoms with Crippen molar-refractivity contribution in [1.82, 2.24) is 0 Å². The highest BCUT2D eigenvalue weighted by atomic mass is 16.2. The smallest absolute Gasteiger partial charge is 0.224 e. The second-order valence-corrected chi connectivity index (χ2v) is 7.50. The zero-order valence-corrected chi connectivity index (χ0v) is 16.5. The third-order valence-corrected chi connectivity index (χ3v) is 5.58. The van der Waals surface area contributed by atoms with E-state index in [1.807, 2.05) is 35.2 Å². The van der Waals surface area contributed by atoms with Crippen LogP contribution in [0.4, 0.5) is 11.4 Å². The van der Waals surface area contributed by atoms with E-state index in [4.69, 9.17) is 0 Å². The molecule has 3 heteroatoms. The molecule has 0 radical (unpaired) electrons. The van der Waals surface area contributed by atoms with E-state index in [0.717, 1.165) is 18.7 Å². The van der Waals surface area contributed by atoms with Crippen LogP contribution in [0.25, 0.3) is 0 Å². The number of amides is 1. The van der Waals surface area contributed by atoms with Crippen LogP contribution in [0.3, 0.4) is 0 Å². The first-order valence-electron chi connectivity index (χ1n) is 9.89. The number of carbonyl (C=O) groups is 1. The molecule has 1 heterocycles. The van der Waals surface area contributed by atoms with E-state index in [1.165, 1.54) is 16.8 Å². The van der Waals surface area contributed by atoms with Crippen molar-refractivity contribution in [2.45, 2.75) is 38.9 Å². The Hall–Kier alpha value is -3.07. The van der Waals surface area contributed by atoms with Crippen LogP contribution in [0.15, 0.2) is 84.9 Å². The van der Waals surface area contributed by atoms with E-state index in [9.17, 15) is 4.79 Å². The standard InChI is InChI=1S/C25H26N2O/c1-19-17-25(27(20(2)28)22-13-7-4-8-14-22)23-15-9-10-16-24(23)26(19)18-21-11-5-3-6-12-21/h3-16,19,25H,17-18H2,1-2H3/t19-,25-/m1/s1. The summed E-state index contributed by atoms with van der Waals surface area (Å²) in [7, 11) is 0. The Morgan fingerprint density at radius 2 is 1.54 bits per heavy atom. The van der Waals surface area contributed by atoms with Crippen LogP contribution in [0.2, 0.25) is 0 Å². The lowest BCUT2D eigenvalue weighted by Gasteiger charge is -2.44. The van der Waals surface area contributed by atoms with Crippen molar-refractivity contribution in [2.75, 3.05) is 9.80 Å². The Morgan fingerprint density at radius 1 is 0.929 bits per heavy atom. The highest BCUT2D eigenvalue weighted by Crippen LogP contribution is 2.42. The molecule has 0 fully saturated rings. The maximum Gasteiger partial charge on any atom is 0.224 e. The van der Waals surface area contributed by atoms with Crippen LogP contribution < -0.4 is 9.80 Å². The fraction of sp³-hybridized carbons (Fsp3) is 0.240. The first kappa shape index (κ1) is 18.3. The van der Waals surface area contributed by atoms with E-state index >= 15 is 0 Å². The summed E-state index contributed by atoms with van der Waals surface area (Å²) >= 11 is 0. The normalized spacial score (nSPS) is 18.4. The van der Waals surface area contributed by atoms with Crippen molar-refractivity contribution in [3.8, 4) is 0 Å². The molecule has 2 atom stereocenters. The topological polar surface area (TPSA) is 23.6 Å². The SMILES string of the molecule is CC(=O)N(c1ccccc1)[C@@H]1C[C@@H](C)N(Cc2ccccc2)c2ccccc21. The molecule has 3 aromatic carbocycles. The second kappa shape index (κ2) is 7.89. The number of rotatable bonds is 4. The fourth-order valence-electron chi connectivity index (χ4n) is 4.28. The molecule has 142 valence electrons. The highest BCUT2D eigenvalue weighted by Gasteiger charge is 2.35. The summed E-state index contributed by atoms with van der Waals surface area (Å²) in [4.78, 5) is 17.1. The average Bonchev–Trinajstić information content (AvgIpc) is 2.72. The van der Waals surface area contributed by atoms with Gasteiger partial charge in [-0.15, -0.1) is 0 Å². The zero-order valence-electron chi connectivity index (χ0n) is 16.5. The minimum Gasteiger partial charge on any atom is -0.364 e. The molecule has 4 rings (SSSR count). The van der Waals surface area contributed by atoms with Gasteiger partial charge in [-0.2, -0.15) is 0 Å². The van der Waals surface area contributed by atoms with Crippen LogP contribution >= 0.6 is 0 Å². The Bertz CT molecular complexity index is 939. The van der Waals surface area contributed by atoms with Gasteiger partial charge in [0.25, 0.3) is 0 Å². The third kappa shape index (κ3) is 3.53. The summed E-state index contributed by atoms with van der Waals surface area (Å²) in [6, 6.07) is 29.5. The van der Waals surface area contributed by atoms with E-state index < -0.39 is 0 Å². The first-order chi connectivity index (χ1) is 13.6. The molecule has 1 aliphatic rings. The lowest BCUT2D eigenvalue weighted by atomic mass is 9.89. The first-order valence-corrected chi connectivity index (χ1v) is 9.89. The lowest BCUT2D eigenvalue weighted by Crippen LogP contribution is -2.44. The van der Waals surface area contributed by atoms with Crippen LogP contribution in [-0.2, 0) is 11.3 Å². The summed E-state index contributed by atoms with van der Waals surface area (Å²) in [6.45, 7) is 4.79. The molecule has 0 saturated heterocycles. The largest absolute Gasteiger partial charge is 0.364 e. The molecule has 3 nitrogen and oxygen atoms in total. The summed E-state index contributed by atoms with van der Waals surface area (Å²) in [5, 5.41) is 0. The molecule has 0 saturated carbocycles. The Labute approximate surface area is 167 Å². The van der Waals surface area contributed by atoms with Gasteiger partial charge in [0, 0.05) is 30.9 Å². The van der Waals surface area contributed by atoms with Gasteiger partial charge < -0.3 is 9.80 Å². The molecular formula is C25H26N2O. The van der Waals surface area contributed by atoms with Gasteiger partial charge in [-0.25, -0.2) is 0 Å². The number of anilines is 2. The van der Waals surface area contributed by atoms with Crippen LogP contribution in [0, 0.1) is 0 Å². The molecule has 1 amide bonds. The average molecular weight is 370 g/mol. The van der Waals surface area contributed by atoms with Gasteiger partial charge in [-0.3, -0.25) is 4.79 Å². The van der Waals surface area contributed by atoms with Gasteiger partial charge in [-0.05, 0) is 42.7 Å². The number of para-hydroxylation sites is 2. The number of nitrogens with zero attached hydrogens (tertiary/aromatic N) is 2. The minimum atomic E-state index is 0.0399. The summed E-state index contributed by atoms with van der Waals surface area (Å²) in [5.74, 6) is 0.0784.